The molecule has 1 aromatic heterocycles. The van der Waals surface area contributed by atoms with Gasteiger partial charge >= 0.3 is 0 Å². The number of rotatable bonds is 3. The number of fused-ring (bicyclic) bond motifs is 1. The summed E-state index contributed by atoms with van der Waals surface area (Å²) in [5.74, 6) is 0.545. The van der Waals surface area contributed by atoms with E-state index in [2.05, 4.69) is 55.8 Å². The van der Waals surface area contributed by atoms with E-state index in [4.69, 9.17) is 5.73 Å². The van der Waals surface area contributed by atoms with E-state index < -0.39 is 0 Å². The molecule has 1 aromatic carbocycles. The van der Waals surface area contributed by atoms with Crippen LogP contribution >= 0.6 is 11.3 Å². The van der Waals surface area contributed by atoms with E-state index in [9.17, 15) is 0 Å². The Morgan fingerprint density at radius 1 is 1.41 bits per heavy atom. The molecule has 0 saturated carbocycles. The van der Waals surface area contributed by atoms with Crippen molar-refractivity contribution in [3.63, 3.8) is 0 Å². The summed E-state index contributed by atoms with van der Waals surface area (Å²) in [6.07, 6.45) is 4.57. The van der Waals surface area contributed by atoms with Crippen molar-refractivity contribution >= 4 is 33.0 Å². The second-order valence-corrected chi connectivity index (χ2v) is 6.30. The summed E-state index contributed by atoms with van der Waals surface area (Å²) in [6.45, 7) is 8.17. The Bertz CT molecular complexity index is 791. The summed E-state index contributed by atoms with van der Waals surface area (Å²) in [5, 5.41) is 1.24. The van der Waals surface area contributed by atoms with Crippen molar-refractivity contribution in [3.8, 4) is 0 Å². The van der Waals surface area contributed by atoms with Crippen LogP contribution in [0.3, 0.4) is 0 Å². The lowest BCUT2D eigenvalue weighted by atomic mass is 10.1. The number of amidine groups is 1. The fourth-order valence-electron chi connectivity index (χ4n) is 2.57. The monoisotopic (exact) mass is 309 g/mol. The first-order valence-electron chi connectivity index (χ1n) is 7.30. The Morgan fingerprint density at radius 3 is 2.86 bits per heavy atom. The zero-order valence-corrected chi connectivity index (χ0v) is 13.7. The summed E-state index contributed by atoms with van der Waals surface area (Å²) < 4.78 is 1.27. The van der Waals surface area contributed by atoms with E-state index in [-0.39, 0.29) is 0 Å². The Hall–Kier alpha value is -2.33. The van der Waals surface area contributed by atoms with Crippen LogP contribution in [0.2, 0.25) is 0 Å². The van der Waals surface area contributed by atoms with E-state index in [1.807, 2.05) is 17.3 Å². The molecule has 3 rings (SSSR count). The molecule has 0 aliphatic carbocycles. The molecule has 1 aliphatic heterocycles. The maximum Gasteiger partial charge on any atom is 0.147 e. The highest BCUT2D eigenvalue weighted by Crippen LogP contribution is 2.36. The van der Waals surface area contributed by atoms with E-state index in [0.717, 1.165) is 17.8 Å². The first-order valence-corrected chi connectivity index (χ1v) is 8.11. The molecule has 112 valence electrons. The number of aliphatic imine (C=N–C) groups is 1. The second kappa shape index (κ2) is 5.81. The predicted octanol–water partition coefficient (Wildman–Crippen LogP) is 4.70. The number of benzene rings is 1. The van der Waals surface area contributed by atoms with Gasteiger partial charge in [-0.3, -0.25) is 0 Å². The number of nitrogens with zero attached hydrogens (tertiary/aromatic N) is 2. The van der Waals surface area contributed by atoms with Gasteiger partial charge in [-0.2, -0.15) is 0 Å². The zero-order valence-electron chi connectivity index (χ0n) is 12.8. The highest BCUT2D eigenvalue weighted by Gasteiger charge is 2.23. The third-order valence-corrected chi connectivity index (χ3v) is 5.00. The molecule has 0 spiro atoms. The number of thiophene rings is 1. The van der Waals surface area contributed by atoms with Crippen LogP contribution in [-0.2, 0) is 0 Å². The molecule has 0 radical (unpaired) electrons. The van der Waals surface area contributed by atoms with Crippen molar-refractivity contribution in [2.24, 2.45) is 10.7 Å². The molecule has 2 aromatic rings. The summed E-state index contributed by atoms with van der Waals surface area (Å²) in [4.78, 5) is 7.61. The summed E-state index contributed by atoms with van der Waals surface area (Å²) in [6, 6.07) is 10.6. The van der Waals surface area contributed by atoms with E-state index in [1.165, 1.54) is 20.5 Å². The minimum atomic E-state index is 0.545. The molecule has 0 atom stereocenters. The molecule has 4 heteroatoms. The second-order valence-electron chi connectivity index (χ2n) is 5.21. The van der Waals surface area contributed by atoms with Gasteiger partial charge in [0.1, 0.15) is 5.84 Å². The summed E-state index contributed by atoms with van der Waals surface area (Å²) >= 11 is 1.76. The van der Waals surface area contributed by atoms with Gasteiger partial charge in [0.05, 0.1) is 22.5 Å². The highest BCUT2D eigenvalue weighted by atomic mass is 32.1. The number of nitrogens with two attached hydrogens (primary N) is 1. The van der Waals surface area contributed by atoms with Gasteiger partial charge in [-0.1, -0.05) is 31.7 Å². The van der Waals surface area contributed by atoms with E-state index in [0.29, 0.717) is 5.84 Å². The third-order valence-electron chi connectivity index (χ3n) is 3.86. The fourth-order valence-corrected chi connectivity index (χ4v) is 3.64. The minimum absolute atomic E-state index is 0.545. The lowest BCUT2D eigenvalue weighted by Crippen LogP contribution is -2.30. The van der Waals surface area contributed by atoms with Gasteiger partial charge in [0.15, 0.2) is 0 Å². The average Bonchev–Trinajstić information content (AvgIpc) is 2.97. The molecule has 1 aliphatic rings. The van der Waals surface area contributed by atoms with Crippen molar-refractivity contribution in [1.29, 1.82) is 0 Å². The first kappa shape index (κ1) is 14.6. The molecule has 22 heavy (non-hydrogen) atoms. The predicted molar refractivity (Wildman–Crippen MR) is 96.5 cm³/mol. The van der Waals surface area contributed by atoms with Crippen molar-refractivity contribution in [1.82, 2.24) is 4.90 Å². The number of allylic oxidation sites excluding steroid dienone is 1. The van der Waals surface area contributed by atoms with Crippen LogP contribution in [0, 0.1) is 0 Å². The molecule has 0 unspecified atom stereocenters. The number of hydrogen-bond donors (Lipinski definition) is 1. The Morgan fingerprint density at radius 2 is 2.18 bits per heavy atom. The van der Waals surface area contributed by atoms with Crippen LogP contribution in [0.15, 0.2) is 65.6 Å². The van der Waals surface area contributed by atoms with Crippen molar-refractivity contribution in [3.05, 3.63) is 65.5 Å². The molecule has 2 heterocycles. The van der Waals surface area contributed by atoms with Crippen LogP contribution in [0.25, 0.3) is 15.8 Å². The molecule has 2 N–H and O–H groups in total. The maximum absolute atomic E-state index is 6.10. The van der Waals surface area contributed by atoms with Crippen molar-refractivity contribution < 1.29 is 0 Å². The van der Waals surface area contributed by atoms with Crippen LogP contribution < -0.4 is 5.73 Å². The van der Waals surface area contributed by atoms with Crippen molar-refractivity contribution in [2.45, 2.75) is 20.3 Å². The third kappa shape index (κ3) is 2.35. The average molecular weight is 309 g/mol. The van der Waals surface area contributed by atoms with Gasteiger partial charge in [-0.15, -0.1) is 11.3 Å². The topological polar surface area (TPSA) is 41.6 Å². The molecular weight excluding hydrogens is 290 g/mol. The molecule has 0 saturated heterocycles. The lowest BCUT2D eigenvalue weighted by Gasteiger charge is -2.29. The Balaban J connectivity index is 2.15. The van der Waals surface area contributed by atoms with Crippen molar-refractivity contribution in [2.75, 3.05) is 0 Å². The molecule has 0 fully saturated rings. The summed E-state index contributed by atoms with van der Waals surface area (Å²) in [7, 11) is 0. The van der Waals surface area contributed by atoms with Gasteiger partial charge in [-0.25, -0.2) is 4.99 Å². The zero-order chi connectivity index (χ0) is 15.7. The number of hydrogen-bond acceptors (Lipinski definition) is 4. The van der Waals surface area contributed by atoms with Crippen LogP contribution in [0.1, 0.15) is 25.1 Å². The standard InChI is InChI=1S/C18H19N3S/c1-4-12(3)17-18(19)20-11-14(21(17)5-2)16-10-13-8-6-7-9-15(13)22-16/h5-11H,2,4H2,1,3H3,(H2,19,20). The molecule has 0 amide bonds. The Kier molecular flexibility index (Phi) is 3.86. The SMILES string of the molecule is C=CN1C(c2cc3ccccc3s2)=CN=C(N)C1=C(C)CC. The molecule has 3 nitrogen and oxygen atoms in total. The largest absolute Gasteiger partial charge is 0.382 e. The van der Waals surface area contributed by atoms with Gasteiger partial charge in [0.25, 0.3) is 0 Å². The highest BCUT2D eigenvalue weighted by molar-refractivity contribution is 7.20. The first-order chi connectivity index (χ1) is 10.7. The molecule has 0 bridgehead atoms. The van der Waals surface area contributed by atoms with E-state index >= 15 is 0 Å². The van der Waals surface area contributed by atoms with Gasteiger partial charge in [-0.05, 0) is 36.4 Å². The molecular formula is C18H19N3S. The maximum atomic E-state index is 6.10. The fraction of sp³-hybridized carbons (Fsp3) is 0.167. The Labute approximate surface area is 134 Å². The van der Waals surface area contributed by atoms with Gasteiger partial charge in [0.2, 0.25) is 0 Å². The minimum Gasteiger partial charge on any atom is -0.382 e. The lowest BCUT2D eigenvalue weighted by molar-refractivity contribution is 0.670. The summed E-state index contributed by atoms with van der Waals surface area (Å²) in [5.41, 5.74) is 9.27. The smallest absolute Gasteiger partial charge is 0.147 e. The van der Waals surface area contributed by atoms with Crippen LogP contribution in [-0.4, -0.2) is 10.7 Å². The van der Waals surface area contributed by atoms with Gasteiger partial charge < -0.3 is 10.6 Å². The van der Waals surface area contributed by atoms with Crippen LogP contribution in [0.5, 0.6) is 0 Å². The van der Waals surface area contributed by atoms with E-state index in [1.54, 1.807) is 11.3 Å². The van der Waals surface area contributed by atoms with Gasteiger partial charge in [0, 0.05) is 10.9 Å². The normalized spacial score (nSPS) is 17.3. The van der Waals surface area contributed by atoms with Crippen LogP contribution in [0.4, 0.5) is 0 Å². The quantitative estimate of drug-likeness (QED) is 0.893.